The Morgan fingerprint density at radius 1 is 1.42 bits per heavy atom. The molecule has 0 bridgehead atoms. The zero-order valence-corrected chi connectivity index (χ0v) is 11.2. The molecule has 0 radical (unpaired) electrons. The Labute approximate surface area is 111 Å². The van der Waals surface area contributed by atoms with Crippen LogP contribution in [0.3, 0.4) is 0 Å². The van der Waals surface area contributed by atoms with E-state index in [0.29, 0.717) is 18.1 Å². The maximum absolute atomic E-state index is 13.2. The fraction of sp³-hybridized carbons (Fsp3) is 0.429. The summed E-state index contributed by atoms with van der Waals surface area (Å²) >= 11 is 0. The second-order valence-electron chi connectivity index (χ2n) is 4.99. The van der Waals surface area contributed by atoms with E-state index in [1.54, 1.807) is 6.07 Å². The number of halogens is 1. The van der Waals surface area contributed by atoms with Gasteiger partial charge in [-0.3, -0.25) is 0 Å². The third-order valence-electron chi connectivity index (χ3n) is 2.90. The molecule has 2 N–H and O–H groups in total. The normalized spacial score (nSPS) is 14.3. The summed E-state index contributed by atoms with van der Waals surface area (Å²) in [6, 6.07) is 6.38. The summed E-state index contributed by atoms with van der Waals surface area (Å²) in [7, 11) is 0. The van der Waals surface area contributed by atoms with Gasteiger partial charge in [-0.05, 0) is 37.5 Å². The van der Waals surface area contributed by atoms with Crippen LogP contribution in [-0.2, 0) is 18.4 Å². The fourth-order valence-electron chi connectivity index (χ4n) is 1.95. The van der Waals surface area contributed by atoms with E-state index in [-0.39, 0.29) is 5.82 Å². The molecule has 0 saturated carbocycles. The van der Waals surface area contributed by atoms with Crippen molar-refractivity contribution in [3.8, 4) is 0 Å². The van der Waals surface area contributed by atoms with Gasteiger partial charge in [0.05, 0.1) is 5.54 Å². The molecule has 1 unspecified atom stereocenters. The van der Waals surface area contributed by atoms with Crippen LogP contribution < -0.4 is 5.73 Å². The Hall–Kier alpha value is -1.75. The van der Waals surface area contributed by atoms with Gasteiger partial charge in [0.25, 0.3) is 0 Å². The lowest BCUT2D eigenvalue weighted by Gasteiger charge is -2.20. The number of aromatic nitrogens is 2. The summed E-state index contributed by atoms with van der Waals surface area (Å²) in [5.41, 5.74) is 6.26. The first-order chi connectivity index (χ1) is 9.01. The van der Waals surface area contributed by atoms with Crippen molar-refractivity contribution in [3.63, 3.8) is 0 Å². The van der Waals surface area contributed by atoms with Gasteiger partial charge in [0.2, 0.25) is 5.89 Å². The van der Waals surface area contributed by atoms with E-state index in [1.807, 2.05) is 19.9 Å². The second-order valence-corrected chi connectivity index (χ2v) is 4.99. The van der Waals surface area contributed by atoms with Crippen LogP contribution in [0, 0.1) is 5.82 Å². The van der Waals surface area contributed by atoms with Gasteiger partial charge < -0.3 is 10.3 Å². The summed E-state index contributed by atoms with van der Waals surface area (Å²) in [5, 5.41) is 3.92. The first-order valence-electron chi connectivity index (χ1n) is 6.37. The van der Waals surface area contributed by atoms with Gasteiger partial charge in [-0.15, -0.1) is 0 Å². The molecule has 19 heavy (non-hydrogen) atoms. The van der Waals surface area contributed by atoms with Crippen molar-refractivity contribution >= 4 is 0 Å². The van der Waals surface area contributed by atoms with Gasteiger partial charge in [0.15, 0.2) is 5.82 Å². The number of nitrogens with two attached hydrogens (primary N) is 1. The van der Waals surface area contributed by atoms with Crippen LogP contribution in [0.25, 0.3) is 0 Å². The molecule has 1 atom stereocenters. The predicted octanol–water partition coefficient (Wildman–Crippen LogP) is 2.58. The molecule has 1 aromatic carbocycles. The van der Waals surface area contributed by atoms with E-state index in [4.69, 9.17) is 10.3 Å². The lowest BCUT2D eigenvalue weighted by Crippen LogP contribution is -2.36. The Bertz CT molecular complexity index is 551. The van der Waals surface area contributed by atoms with Crippen LogP contribution >= 0.6 is 0 Å². The predicted molar refractivity (Wildman–Crippen MR) is 69.9 cm³/mol. The van der Waals surface area contributed by atoms with Crippen molar-refractivity contribution in [2.75, 3.05) is 0 Å². The molecule has 0 spiro atoms. The van der Waals surface area contributed by atoms with Crippen LogP contribution in [0.4, 0.5) is 4.39 Å². The second kappa shape index (κ2) is 5.48. The number of hydrogen-bond donors (Lipinski definition) is 1. The van der Waals surface area contributed by atoms with Crippen LogP contribution in [0.2, 0.25) is 0 Å². The van der Waals surface area contributed by atoms with Crippen LogP contribution in [0.5, 0.6) is 0 Å². The van der Waals surface area contributed by atoms with E-state index in [9.17, 15) is 4.39 Å². The molecule has 0 aliphatic heterocycles. The highest BCUT2D eigenvalue weighted by Gasteiger charge is 2.27. The standard InChI is InChI=1S/C14H18FN3O/c1-3-5-12-17-13(18-19-12)14(2,16)9-10-6-4-7-11(15)8-10/h4,6-8H,3,5,9,16H2,1-2H3. The maximum atomic E-state index is 13.2. The monoisotopic (exact) mass is 263 g/mol. The Morgan fingerprint density at radius 2 is 2.21 bits per heavy atom. The molecule has 0 amide bonds. The van der Waals surface area contributed by atoms with Crippen molar-refractivity contribution < 1.29 is 8.91 Å². The smallest absolute Gasteiger partial charge is 0.226 e. The van der Waals surface area contributed by atoms with Crippen LogP contribution in [0.1, 0.15) is 37.5 Å². The van der Waals surface area contributed by atoms with Crippen molar-refractivity contribution in [3.05, 3.63) is 47.4 Å². The zero-order valence-electron chi connectivity index (χ0n) is 11.2. The van der Waals surface area contributed by atoms with Crippen molar-refractivity contribution in [1.29, 1.82) is 0 Å². The van der Waals surface area contributed by atoms with Crippen molar-refractivity contribution in [2.24, 2.45) is 5.73 Å². The first kappa shape index (κ1) is 13.7. The number of aryl methyl sites for hydroxylation is 1. The number of nitrogens with zero attached hydrogens (tertiary/aromatic N) is 2. The third kappa shape index (κ3) is 3.38. The molecule has 4 nitrogen and oxygen atoms in total. The van der Waals surface area contributed by atoms with Gasteiger partial charge in [-0.2, -0.15) is 4.98 Å². The summed E-state index contributed by atoms with van der Waals surface area (Å²) in [6.45, 7) is 3.86. The quantitative estimate of drug-likeness (QED) is 0.900. The van der Waals surface area contributed by atoms with Crippen molar-refractivity contribution in [1.82, 2.24) is 10.1 Å². The molecule has 0 aliphatic rings. The topological polar surface area (TPSA) is 64.9 Å². The lowest BCUT2D eigenvalue weighted by atomic mass is 9.93. The Morgan fingerprint density at radius 3 is 2.89 bits per heavy atom. The average molecular weight is 263 g/mol. The number of benzene rings is 1. The van der Waals surface area contributed by atoms with Gasteiger partial charge in [-0.25, -0.2) is 4.39 Å². The van der Waals surface area contributed by atoms with E-state index in [2.05, 4.69) is 10.1 Å². The maximum Gasteiger partial charge on any atom is 0.226 e. The average Bonchev–Trinajstić information content (AvgIpc) is 2.78. The summed E-state index contributed by atoms with van der Waals surface area (Å²) in [4.78, 5) is 4.29. The van der Waals surface area contributed by atoms with E-state index < -0.39 is 5.54 Å². The largest absolute Gasteiger partial charge is 0.339 e. The summed E-state index contributed by atoms with van der Waals surface area (Å²) < 4.78 is 18.3. The molecule has 102 valence electrons. The Balaban J connectivity index is 2.16. The third-order valence-corrected chi connectivity index (χ3v) is 2.90. The highest BCUT2D eigenvalue weighted by molar-refractivity contribution is 5.20. The van der Waals surface area contributed by atoms with Gasteiger partial charge in [0.1, 0.15) is 5.82 Å². The van der Waals surface area contributed by atoms with E-state index in [1.165, 1.54) is 12.1 Å². The molecule has 5 heteroatoms. The lowest BCUT2D eigenvalue weighted by molar-refractivity contribution is 0.353. The minimum absolute atomic E-state index is 0.270. The molecular formula is C14H18FN3O. The summed E-state index contributed by atoms with van der Waals surface area (Å²) in [6.07, 6.45) is 2.13. The molecular weight excluding hydrogens is 245 g/mol. The molecule has 0 fully saturated rings. The Kier molecular flexibility index (Phi) is 3.95. The molecule has 2 rings (SSSR count). The molecule has 0 saturated heterocycles. The summed E-state index contributed by atoms with van der Waals surface area (Å²) in [5.74, 6) is 0.779. The highest BCUT2D eigenvalue weighted by Crippen LogP contribution is 2.21. The molecule has 1 heterocycles. The first-order valence-corrected chi connectivity index (χ1v) is 6.37. The minimum atomic E-state index is -0.775. The molecule has 1 aromatic heterocycles. The van der Waals surface area contributed by atoms with Crippen molar-refractivity contribution in [2.45, 2.75) is 38.6 Å². The number of rotatable bonds is 5. The zero-order chi connectivity index (χ0) is 13.9. The SMILES string of the molecule is CCCc1nc(C(C)(N)Cc2cccc(F)c2)no1. The van der Waals surface area contributed by atoms with Gasteiger partial charge in [0, 0.05) is 6.42 Å². The highest BCUT2D eigenvalue weighted by atomic mass is 19.1. The fourth-order valence-corrected chi connectivity index (χ4v) is 1.95. The van der Waals surface area contributed by atoms with Crippen LogP contribution in [-0.4, -0.2) is 10.1 Å². The van der Waals surface area contributed by atoms with Gasteiger partial charge in [-0.1, -0.05) is 24.2 Å². The molecule has 0 aliphatic carbocycles. The van der Waals surface area contributed by atoms with Crippen LogP contribution in [0.15, 0.2) is 28.8 Å². The minimum Gasteiger partial charge on any atom is -0.339 e. The van der Waals surface area contributed by atoms with E-state index >= 15 is 0 Å². The number of hydrogen-bond acceptors (Lipinski definition) is 4. The molecule has 2 aromatic rings. The van der Waals surface area contributed by atoms with Gasteiger partial charge >= 0.3 is 0 Å². The van der Waals surface area contributed by atoms with E-state index in [0.717, 1.165) is 18.4 Å².